The molecule has 2 aromatic carbocycles. The summed E-state index contributed by atoms with van der Waals surface area (Å²) in [7, 11) is 1.90. The molecule has 0 aliphatic rings. The van der Waals surface area contributed by atoms with Crippen LogP contribution < -0.4 is 11.1 Å². The first-order valence-corrected chi connectivity index (χ1v) is 7.91. The van der Waals surface area contributed by atoms with Gasteiger partial charge in [-0.3, -0.25) is 4.98 Å². The summed E-state index contributed by atoms with van der Waals surface area (Å²) in [6, 6.07) is 11.8. The Balaban J connectivity index is 2.10. The standard InChI is InChI=1S/C15H12Br2N2O2/c1-18-14(9-4-10(16)7-11(17)5-9)8-2-3-12-13(6-8)21-15(20)19-12/h2-7,14,18H,1H3,(H,19,20). The van der Waals surface area contributed by atoms with Gasteiger partial charge in [-0.2, -0.15) is 0 Å². The van der Waals surface area contributed by atoms with Crippen LogP contribution in [0.25, 0.3) is 11.1 Å². The topological polar surface area (TPSA) is 58.0 Å². The molecular formula is C15H12Br2N2O2. The average molecular weight is 412 g/mol. The molecular weight excluding hydrogens is 400 g/mol. The summed E-state index contributed by atoms with van der Waals surface area (Å²) >= 11 is 7.01. The molecule has 3 aromatic rings. The number of benzene rings is 2. The number of aromatic amines is 1. The SMILES string of the molecule is CNC(c1cc(Br)cc(Br)c1)c1ccc2[nH]c(=O)oc2c1. The van der Waals surface area contributed by atoms with E-state index in [0.717, 1.165) is 20.1 Å². The molecule has 1 aromatic heterocycles. The van der Waals surface area contributed by atoms with Crippen molar-refractivity contribution < 1.29 is 4.42 Å². The van der Waals surface area contributed by atoms with Crippen LogP contribution in [0.2, 0.25) is 0 Å². The predicted molar refractivity (Wildman–Crippen MR) is 89.6 cm³/mol. The van der Waals surface area contributed by atoms with Crippen molar-refractivity contribution in [3.8, 4) is 0 Å². The summed E-state index contributed by atoms with van der Waals surface area (Å²) in [6.45, 7) is 0. The van der Waals surface area contributed by atoms with E-state index in [-0.39, 0.29) is 6.04 Å². The van der Waals surface area contributed by atoms with Gasteiger partial charge in [0.05, 0.1) is 11.6 Å². The highest BCUT2D eigenvalue weighted by Crippen LogP contribution is 2.29. The molecule has 0 aliphatic heterocycles. The Morgan fingerprint density at radius 3 is 2.48 bits per heavy atom. The lowest BCUT2D eigenvalue weighted by molar-refractivity contribution is 0.554. The van der Waals surface area contributed by atoms with Gasteiger partial charge in [-0.15, -0.1) is 0 Å². The summed E-state index contributed by atoms with van der Waals surface area (Å²) in [4.78, 5) is 13.9. The van der Waals surface area contributed by atoms with Crippen molar-refractivity contribution in [2.75, 3.05) is 7.05 Å². The number of fused-ring (bicyclic) bond motifs is 1. The van der Waals surface area contributed by atoms with Crippen LogP contribution in [-0.2, 0) is 0 Å². The molecule has 3 rings (SSSR count). The zero-order chi connectivity index (χ0) is 15.0. The minimum Gasteiger partial charge on any atom is -0.408 e. The molecule has 108 valence electrons. The molecule has 0 spiro atoms. The first-order valence-electron chi connectivity index (χ1n) is 6.33. The van der Waals surface area contributed by atoms with E-state index in [0.29, 0.717) is 11.1 Å². The Morgan fingerprint density at radius 1 is 1.10 bits per heavy atom. The van der Waals surface area contributed by atoms with Crippen molar-refractivity contribution in [1.82, 2.24) is 10.3 Å². The number of hydrogen-bond donors (Lipinski definition) is 2. The lowest BCUT2D eigenvalue weighted by atomic mass is 9.99. The zero-order valence-electron chi connectivity index (χ0n) is 11.1. The van der Waals surface area contributed by atoms with E-state index in [1.54, 1.807) is 0 Å². The lowest BCUT2D eigenvalue weighted by Crippen LogP contribution is -2.17. The van der Waals surface area contributed by atoms with Crippen LogP contribution in [0.3, 0.4) is 0 Å². The Labute approximate surface area is 137 Å². The molecule has 0 fully saturated rings. The van der Waals surface area contributed by atoms with Gasteiger partial charge in [0.25, 0.3) is 0 Å². The summed E-state index contributed by atoms with van der Waals surface area (Å²) < 4.78 is 7.13. The van der Waals surface area contributed by atoms with Gasteiger partial charge in [-0.05, 0) is 48.5 Å². The smallest absolute Gasteiger partial charge is 0.408 e. The predicted octanol–water partition coefficient (Wildman–Crippen LogP) is 3.95. The molecule has 21 heavy (non-hydrogen) atoms. The molecule has 0 radical (unpaired) electrons. The van der Waals surface area contributed by atoms with E-state index in [1.165, 1.54) is 0 Å². The van der Waals surface area contributed by atoms with E-state index in [9.17, 15) is 4.79 Å². The fraction of sp³-hybridized carbons (Fsp3) is 0.133. The minimum atomic E-state index is -0.437. The second-order valence-corrected chi connectivity index (χ2v) is 6.53. The average Bonchev–Trinajstić information content (AvgIpc) is 2.78. The maximum Gasteiger partial charge on any atom is 0.417 e. The van der Waals surface area contributed by atoms with E-state index in [4.69, 9.17) is 4.42 Å². The van der Waals surface area contributed by atoms with E-state index in [2.05, 4.69) is 54.3 Å². The highest BCUT2D eigenvalue weighted by molar-refractivity contribution is 9.11. The fourth-order valence-corrected chi connectivity index (χ4v) is 3.74. The van der Waals surface area contributed by atoms with Crippen LogP contribution in [0, 0.1) is 0 Å². The molecule has 0 saturated heterocycles. The first-order chi connectivity index (χ1) is 10.1. The number of halogens is 2. The molecule has 1 heterocycles. The highest BCUT2D eigenvalue weighted by atomic mass is 79.9. The number of oxazole rings is 1. The maximum atomic E-state index is 11.2. The third-order valence-corrected chi connectivity index (χ3v) is 4.20. The highest BCUT2D eigenvalue weighted by Gasteiger charge is 2.15. The van der Waals surface area contributed by atoms with E-state index >= 15 is 0 Å². The van der Waals surface area contributed by atoms with Crippen molar-refractivity contribution in [3.05, 3.63) is 67.0 Å². The van der Waals surface area contributed by atoms with Crippen molar-refractivity contribution in [1.29, 1.82) is 0 Å². The molecule has 6 heteroatoms. The minimum absolute atomic E-state index is 0.00315. The maximum absolute atomic E-state index is 11.2. The summed E-state index contributed by atoms with van der Waals surface area (Å²) in [5.74, 6) is -0.437. The van der Waals surface area contributed by atoms with Gasteiger partial charge in [0, 0.05) is 8.95 Å². The molecule has 4 nitrogen and oxygen atoms in total. The van der Waals surface area contributed by atoms with Gasteiger partial charge >= 0.3 is 5.76 Å². The van der Waals surface area contributed by atoms with Gasteiger partial charge in [-0.1, -0.05) is 37.9 Å². The normalized spacial score (nSPS) is 12.7. The first kappa shape index (κ1) is 14.6. The molecule has 2 N–H and O–H groups in total. The summed E-state index contributed by atoms with van der Waals surface area (Å²) in [5.41, 5.74) is 3.40. The number of rotatable bonds is 3. The van der Waals surface area contributed by atoms with E-state index < -0.39 is 5.76 Å². The molecule has 0 amide bonds. The van der Waals surface area contributed by atoms with Crippen molar-refractivity contribution in [3.63, 3.8) is 0 Å². The van der Waals surface area contributed by atoms with Gasteiger partial charge in [-0.25, -0.2) is 4.79 Å². The van der Waals surface area contributed by atoms with Gasteiger partial charge in [0.1, 0.15) is 0 Å². The van der Waals surface area contributed by atoms with Crippen molar-refractivity contribution >= 4 is 43.0 Å². The third kappa shape index (κ3) is 2.97. The summed E-state index contributed by atoms with van der Waals surface area (Å²) in [6.07, 6.45) is 0. The molecule has 0 bridgehead atoms. The number of hydrogen-bond acceptors (Lipinski definition) is 3. The lowest BCUT2D eigenvalue weighted by Gasteiger charge is -2.18. The quantitative estimate of drug-likeness (QED) is 0.685. The molecule has 1 unspecified atom stereocenters. The number of H-pyrrole nitrogens is 1. The number of nitrogens with one attached hydrogen (secondary N) is 2. The Kier molecular flexibility index (Phi) is 4.01. The molecule has 1 atom stereocenters. The largest absolute Gasteiger partial charge is 0.417 e. The Morgan fingerprint density at radius 2 is 1.81 bits per heavy atom. The fourth-order valence-electron chi connectivity index (χ4n) is 2.41. The molecule has 0 aliphatic carbocycles. The van der Waals surface area contributed by atoms with Crippen molar-refractivity contribution in [2.24, 2.45) is 0 Å². The Hall–Kier alpha value is -1.37. The zero-order valence-corrected chi connectivity index (χ0v) is 14.3. The van der Waals surface area contributed by atoms with Crippen LogP contribution in [0.4, 0.5) is 0 Å². The van der Waals surface area contributed by atoms with Crippen LogP contribution in [-0.4, -0.2) is 12.0 Å². The van der Waals surface area contributed by atoms with Crippen LogP contribution in [0.1, 0.15) is 17.2 Å². The monoisotopic (exact) mass is 410 g/mol. The second kappa shape index (κ2) is 5.79. The van der Waals surface area contributed by atoms with Crippen LogP contribution in [0.15, 0.2) is 54.6 Å². The van der Waals surface area contributed by atoms with Crippen LogP contribution >= 0.6 is 31.9 Å². The third-order valence-electron chi connectivity index (χ3n) is 3.29. The Bertz CT molecular complexity index is 834. The summed E-state index contributed by atoms with van der Waals surface area (Å²) in [5, 5.41) is 3.29. The second-order valence-electron chi connectivity index (χ2n) is 4.69. The van der Waals surface area contributed by atoms with Crippen LogP contribution in [0.5, 0.6) is 0 Å². The van der Waals surface area contributed by atoms with Gasteiger partial charge in [0.2, 0.25) is 0 Å². The van der Waals surface area contributed by atoms with Crippen molar-refractivity contribution in [2.45, 2.75) is 6.04 Å². The number of aromatic nitrogens is 1. The van der Waals surface area contributed by atoms with Gasteiger partial charge in [0.15, 0.2) is 5.58 Å². The van der Waals surface area contributed by atoms with E-state index in [1.807, 2.05) is 31.3 Å². The van der Waals surface area contributed by atoms with Gasteiger partial charge < -0.3 is 9.73 Å². The molecule has 0 saturated carbocycles.